The summed E-state index contributed by atoms with van der Waals surface area (Å²) in [6, 6.07) is 5.13. The van der Waals surface area contributed by atoms with E-state index in [1.54, 1.807) is 0 Å². The molecule has 1 atom stereocenters. The number of benzene rings is 1. The van der Waals surface area contributed by atoms with Crippen molar-refractivity contribution in [3.8, 4) is 0 Å². The van der Waals surface area contributed by atoms with Crippen LogP contribution in [-0.2, 0) is 21.1 Å². The lowest BCUT2D eigenvalue weighted by atomic mass is 10.4. The van der Waals surface area contributed by atoms with Crippen LogP contribution in [0.1, 0.15) is 0 Å². The number of nitrogens with one attached hydrogen (secondary N) is 1. The van der Waals surface area contributed by atoms with Gasteiger partial charge >= 0.3 is 0 Å². The zero-order chi connectivity index (χ0) is 12.2. The quantitative estimate of drug-likeness (QED) is 0.625. The molecule has 0 saturated carbocycles. The molecule has 0 aromatic heterocycles. The molecule has 0 aliphatic carbocycles. The number of hydrogen-bond donors (Lipinski definition) is 3. The first kappa shape index (κ1) is 13.3. The van der Waals surface area contributed by atoms with Crippen LogP contribution in [0.5, 0.6) is 0 Å². The maximum atomic E-state index is 11.6. The minimum atomic E-state index is -3.73. The van der Waals surface area contributed by atoms with E-state index in [1.807, 2.05) is 0 Å². The molecule has 0 aliphatic rings. The molecule has 0 amide bonds. The molecule has 8 heteroatoms. The predicted molar refractivity (Wildman–Crippen MR) is 57.8 cm³/mol. The highest BCUT2D eigenvalue weighted by atomic mass is 32.2. The summed E-state index contributed by atoms with van der Waals surface area (Å²) in [6.07, 6.45) is 0. The molecule has 0 heterocycles. The largest absolute Gasteiger partial charge is 0.395 e. The van der Waals surface area contributed by atoms with E-state index in [2.05, 4.69) is 4.72 Å². The molecule has 0 bridgehead atoms. The van der Waals surface area contributed by atoms with Crippen molar-refractivity contribution in [2.24, 2.45) is 0 Å². The Morgan fingerprint density at radius 2 is 2.06 bits per heavy atom. The van der Waals surface area contributed by atoms with Crippen molar-refractivity contribution in [1.82, 2.24) is 4.72 Å². The van der Waals surface area contributed by atoms with Gasteiger partial charge in [-0.3, -0.25) is 0 Å². The lowest BCUT2D eigenvalue weighted by Gasteiger charge is -2.05. The first-order chi connectivity index (χ1) is 7.47. The highest BCUT2D eigenvalue weighted by Crippen LogP contribution is 2.13. The molecule has 3 N–H and O–H groups in total. The number of rotatable bonds is 5. The van der Waals surface area contributed by atoms with Gasteiger partial charge in [0.15, 0.2) is 11.1 Å². The second-order valence-electron chi connectivity index (χ2n) is 2.85. The van der Waals surface area contributed by atoms with Crippen molar-refractivity contribution in [2.45, 2.75) is 9.79 Å². The smallest absolute Gasteiger partial charge is 0.240 e. The molecule has 16 heavy (non-hydrogen) atoms. The van der Waals surface area contributed by atoms with Crippen molar-refractivity contribution < 1.29 is 22.3 Å². The Bertz CT molecular complexity index is 485. The molecule has 0 radical (unpaired) electrons. The maximum Gasteiger partial charge on any atom is 0.240 e. The van der Waals surface area contributed by atoms with E-state index < -0.39 is 21.1 Å². The van der Waals surface area contributed by atoms with Gasteiger partial charge in [-0.2, -0.15) is 0 Å². The number of aliphatic hydroxyl groups is 1. The highest BCUT2D eigenvalue weighted by molar-refractivity contribution is 7.89. The van der Waals surface area contributed by atoms with Gasteiger partial charge in [-0.05, 0) is 18.2 Å². The highest BCUT2D eigenvalue weighted by Gasteiger charge is 2.14. The summed E-state index contributed by atoms with van der Waals surface area (Å²) in [6.45, 7) is -0.417. The fourth-order valence-electron chi connectivity index (χ4n) is 1.01. The molecule has 1 aromatic rings. The van der Waals surface area contributed by atoms with E-state index in [0.717, 1.165) is 6.07 Å². The normalized spacial score (nSPS) is 13.6. The molecular formula is C8H11NO5S2. The van der Waals surface area contributed by atoms with Crippen molar-refractivity contribution >= 4 is 21.1 Å². The van der Waals surface area contributed by atoms with Gasteiger partial charge in [-0.15, -0.1) is 0 Å². The van der Waals surface area contributed by atoms with Crippen molar-refractivity contribution in [2.75, 3.05) is 13.2 Å². The molecule has 1 aromatic carbocycles. The van der Waals surface area contributed by atoms with Gasteiger partial charge in [-0.25, -0.2) is 17.3 Å². The average molecular weight is 265 g/mol. The minimum absolute atomic E-state index is 0.00636. The predicted octanol–water partition coefficient (Wildman–Crippen LogP) is -0.462. The molecule has 1 unspecified atom stereocenters. The van der Waals surface area contributed by atoms with E-state index >= 15 is 0 Å². The Kier molecular flexibility index (Phi) is 4.56. The number of hydrogen-bond acceptors (Lipinski definition) is 4. The summed E-state index contributed by atoms with van der Waals surface area (Å²) in [7, 11) is -3.73. The molecule has 0 aliphatic heterocycles. The summed E-state index contributed by atoms with van der Waals surface area (Å²) in [4.78, 5) is -0.104. The van der Waals surface area contributed by atoms with Crippen LogP contribution in [0.25, 0.3) is 0 Å². The fraction of sp³-hybridized carbons (Fsp3) is 0.250. The second kappa shape index (κ2) is 5.51. The van der Waals surface area contributed by atoms with Gasteiger partial charge < -0.3 is 9.66 Å². The molecule has 90 valence electrons. The average Bonchev–Trinajstić information content (AvgIpc) is 2.26. The summed E-state index contributed by atoms with van der Waals surface area (Å²) >= 11 is -2.22. The zero-order valence-corrected chi connectivity index (χ0v) is 9.79. The van der Waals surface area contributed by atoms with Gasteiger partial charge in [0.25, 0.3) is 0 Å². The monoisotopic (exact) mass is 265 g/mol. The maximum absolute atomic E-state index is 11.6. The van der Waals surface area contributed by atoms with Gasteiger partial charge in [0.2, 0.25) is 10.0 Å². The van der Waals surface area contributed by atoms with E-state index in [4.69, 9.17) is 9.66 Å². The van der Waals surface area contributed by atoms with E-state index in [1.165, 1.54) is 18.2 Å². The standard InChI is InChI=1S/C8H11NO5S2/c10-5-4-9-16(13,14)8-3-1-2-7(6-8)15(11)12/h1-3,6,9-10H,4-5H2,(H,11,12). The third-order valence-corrected chi connectivity index (χ3v) is 3.84. The van der Waals surface area contributed by atoms with Crippen LogP contribution in [0.15, 0.2) is 34.1 Å². The van der Waals surface area contributed by atoms with Crippen molar-refractivity contribution in [1.29, 1.82) is 0 Å². The van der Waals surface area contributed by atoms with Crippen molar-refractivity contribution in [3.63, 3.8) is 0 Å². The van der Waals surface area contributed by atoms with Gasteiger partial charge in [-0.1, -0.05) is 6.07 Å². The SMILES string of the molecule is O=S(O)c1cccc(S(=O)(=O)NCCO)c1. The Morgan fingerprint density at radius 3 is 2.62 bits per heavy atom. The number of aliphatic hydroxyl groups excluding tert-OH is 1. The van der Waals surface area contributed by atoms with Crippen LogP contribution < -0.4 is 4.72 Å². The Hall–Kier alpha value is -0.800. The van der Waals surface area contributed by atoms with Gasteiger partial charge in [0.05, 0.1) is 16.4 Å². The Balaban J connectivity index is 3.04. The number of sulfonamides is 1. The first-order valence-corrected chi connectivity index (χ1v) is 6.88. The molecule has 6 nitrogen and oxygen atoms in total. The summed E-state index contributed by atoms with van der Waals surface area (Å²) < 4.78 is 44.8. The molecule has 0 saturated heterocycles. The van der Waals surface area contributed by atoms with Crippen molar-refractivity contribution in [3.05, 3.63) is 24.3 Å². The minimum Gasteiger partial charge on any atom is -0.395 e. The van der Waals surface area contributed by atoms with Crippen LogP contribution >= 0.6 is 0 Å². The van der Waals surface area contributed by atoms with E-state index in [-0.39, 0.29) is 22.9 Å². The fourth-order valence-corrected chi connectivity index (χ4v) is 2.58. The summed E-state index contributed by atoms with van der Waals surface area (Å²) in [5, 5.41) is 8.50. The molecule has 0 spiro atoms. The summed E-state index contributed by atoms with van der Waals surface area (Å²) in [5.41, 5.74) is 0. The van der Waals surface area contributed by atoms with Crippen LogP contribution in [0.4, 0.5) is 0 Å². The zero-order valence-electron chi connectivity index (χ0n) is 8.16. The van der Waals surface area contributed by atoms with Crippen LogP contribution in [-0.4, -0.2) is 35.4 Å². The lowest BCUT2D eigenvalue weighted by molar-refractivity contribution is 0.301. The molecular weight excluding hydrogens is 254 g/mol. The third kappa shape index (κ3) is 3.35. The van der Waals surface area contributed by atoms with Crippen LogP contribution in [0.2, 0.25) is 0 Å². The Labute approximate surface area is 95.6 Å². The Morgan fingerprint density at radius 1 is 1.38 bits per heavy atom. The first-order valence-electron chi connectivity index (χ1n) is 4.29. The molecule has 1 rings (SSSR count). The third-order valence-electron chi connectivity index (χ3n) is 1.72. The van der Waals surface area contributed by atoms with Gasteiger partial charge in [0.1, 0.15) is 0 Å². The molecule has 0 fully saturated rings. The van der Waals surface area contributed by atoms with Gasteiger partial charge in [0, 0.05) is 6.54 Å². The summed E-state index contributed by atoms with van der Waals surface area (Å²) in [5.74, 6) is 0. The van der Waals surface area contributed by atoms with Crippen LogP contribution in [0.3, 0.4) is 0 Å². The lowest BCUT2D eigenvalue weighted by Crippen LogP contribution is -2.26. The van der Waals surface area contributed by atoms with Crippen LogP contribution in [0, 0.1) is 0 Å². The van der Waals surface area contributed by atoms with E-state index in [9.17, 15) is 12.6 Å². The second-order valence-corrected chi connectivity index (χ2v) is 5.58. The topological polar surface area (TPSA) is 104 Å². The van der Waals surface area contributed by atoms with E-state index in [0.29, 0.717) is 0 Å².